The Bertz CT molecular complexity index is 867. The van der Waals surface area contributed by atoms with E-state index >= 15 is 0 Å². The molecule has 7 heteroatoms. The molecule has 1 aromatic carbocycles. The number of aromatic nitrogens is 2. The molecule has 0 spiro atoms. The predicted molar refractivity (Wildman–Crippen MR) is 101 cm³/mol. The number of hydrogen-bond donors (Lipinski definition) is 1. The zero-order valence-electron chi connectivity index (χ0n) is 14.9. The minimum atomic E-state index is -2.92. The Morgan fingerprint density at radius 3 is 2.68 bits per heavy atom. The Morgan fingerprint density at radius 2 is 2.04 bits per heavy atom. The highest BCUT2D eigenvalue weighted by Crippen LogP contribution is 2.26. The highest BCUT2D eigenvalue weighted by Gasteiger charge is 2.28. The molecule has 2 heterocycles. The van der Waals surface area contributed by atoms with Crippen LogP contribution in [0.1, 0.15) is 24.7 Å². The van der Waals surface area contributed by atoms with Crippen LogP contribution >= 0.6 is 0 Å². The van der Waals surface area contributed by atoms with Gasteiger partial charge in [-0.05, 0) is 44.9 Å². The molecule has 25 heavy (non-hydrogen) atoms. The van der Waals surface area contributed by atoms with Crippen molar-refractivity contribution in [3.63, 3.8) is 0 Å². The van der Waals surface area contributed by atoms with Crippen molar-refractivity contribution in [2.45, 2.75) is 33.2 Å². The number of aryl methyl sites for hydroxylation is 2. The van der Waals surface area contributed by atoms with Crippen molar-refractivity contribution in [1.82, 2.24) is 9.97 Å². The molecule has 2 aromatic rings. The standard InChI is InChI=1S/C18H24N4O2S/c1-4-22(16-7-5-6-13(2)10-16)18-11-17(19-14(3)20-18)21-15-8-9-25(23,24)12-15/h5-7,10-11,15H,4,8-9,12H2,1-3H3,(H,19,20,21). The summed E-state index contributed by atoms with van der Waals surface area (Å²) in [6.07, 6.45) is 0.621. The van der Waals surface area contributed by atoms with Gasteiger partial charge in [0.2, 0.25) is 0 Å². The van der Waals surface area contributed by atoms with Crippen molar-refractivity contribution < 1.29 is 8.42 Å². The van der Waals surface area contributed by atoms with E-state index in [1.165, 1.54) is 5.56 Å². The lowest BCUT2D eigenvalue weighted by molar-refractivity contribution is 0.602. The van der Waals surface area contributed by atoms with Crippen LogP contribution in [0.15, 0.2) is 30.3 Å². The average molecular weight is 360 g/mol. The fourth-order valence-electron chi connectivity index (χ4n) is 3.15. The van der Waals surface area contributed by atoms with E-state index in [4.69, 9.17) is 0 Å². The molecule has 134 valence electrons. The van der Waals surface area contributed by atoms with Gasteiger partial charge in [0.25, 0.3) is 0 Å². The van der Waals surface area contributed by atoms with E-state index in [2.05, 4.69) is 52.2 Å². The molecule has 1 aliphatic rings. The Morgan fingerprint density at radius 1 is 1.24 bits per heavy atom. The normalized spacial score (nSPS) is 18.9. The molecule has 1 N–H and O–H groups in total. The highest BCUT2D eigenvalue weighted by molar-refractivity contribution is 7.91. The van der Waals surface area contributed by atoms with Gasteiger partial charge in [-0.25, -0.2) is 18.4 Å². The maximum atomic E-state index is 11.7. The minimum Gasteiger partial charge on any atom is -0.366 e. The van der Waals surface area contributed by atoms with Crippen LogP contribution in [0.2, 0.25) is 0 Å². The van der Waals surface area contributed by atoms with Crippen LogP contribution in [-0.2, 0) is 9.84 Å². The summed E-state index contributed by atoms with van der Waals surface area (Å²) in [7, 11) is -2.92. The van der Waals surface area contributed by atoms with Gasteiger partial charge in [0.15, 0.2) is 9.84 Å². The fourth-order valence-corrected chi connectivity index (χ4v) is 4.83. The first-order valence-corrected chi connectivity index (χ1v) is 10.4. The molecule has 0 saturated carbocycles. The number of anilines is 3. The largest absolute Gasteiger partial charge is 0.366 e. The van der Waals surface area contributed by atoms with Crippen molar-refractivity contribution in [1.29, 1.82) is 0 Å². The van der Waals surface area contributed by atoms with Gasteiger partial charge < -0.3 is 10.2 Å². The quantitative estimate of drug-likeness (QED) is 0.884. The molecule has 6 nitrogen and oxygen atoms in total. The second kappa shape index (κ2) is 7.00. The van der Waals surface area contributed by atoms with E-state index in [9.17, 15) is 8.42 Å². The lowest BCUT2D eigenvalue weighted by atomic mass is 10.2. The SMILES string of the molecule is CCN(c1cccc(C)c1)c1cc(NC2CCS(=O)(=O)C2)nc(C)n1. The van der Waals surface area contributed by atoms with Crippen LogP contribution in [0.4, 0.5) is 17.3 Å². The number of benzene rings is 1. The van der Waals surface area contributed by atoms with Crippen molar-refractivity contribution in [2.24, 2.45) is 0 Å². The van der Waals surface area contributed by atoms with E-state index < -0.39 is 9.84 Å². The zero-order valence-corrected chi connectivity index (χ0v) is 15.7. The number of sulfone groups is 1. The fraction of sp³-hybridized carbons (Fsp3) is 0.444. The van der Waals surface area contributed by atoms with E-state index in [0.29, 0.717) is 18.1 Å². The summed E-state index contributed by atoms with van der Waals surface area (Å²) in [5.74, 6) is 2.55. The van der Waals surface area contributed by atoms with Crippen molar-refractivity contribution in [2.75, 3.05) is 28.3 Å². The second-order valence-electron chi connectivity index (χ2n) is 6.49. The molecule has 0 amide bonds. The third-order valence-electron chi connectivity index (χ3n) is 4.31. The molecule has 1 saturated heterocycles. The van der Waals surface area contributed by atoms with Gasteiger partial charge in [0.05, 0.1) is 11.5 Å². The van der Waals surface area contributed by atoms with Crippen LogP contribution in [0, 0.1) is 13.8 Å². The van der Waals surface area contributed by atoms with Gasteiger partial charge in [-0.1, -0.05) is 12.1 Å². The maximum absolute atomic E-state index is 11.7. The van der Waals surface area contributed by atoms with Gasteiger partial charge in [-0.15, -0.1) is 0 Å². The molecule has 1 aliphatic heterocycles. The summed E-state index contributed by atoms with van der Waals surface area (Å²) < 4.78 is 23.3. The third-order valence-corrected chi connectivity index (χ3v) is 6.08. The van der Waals surface area contributed by atoms with E-state index in [-0.39, 0.29) is 17.5 Å². The summed E-state index contributed by atoms with van der Waals surface area (Å²) in [5.41, 5.74) is 2.27. The number of hydrogen-bond acceptors (Lipinski definition) is 6. The monoisotopic (exact) mass is 360 g/mol. The summed E-state index contributed by atoms with van der Waals surface area (Å²) in [6.45, 7) is 6.77. The maximum Gasteiger partial charge on any atom is 0.152 e. The van der Waals surface area contributed by atoms with E-state index in [1.807, 2.05) is 19.1 Å². The van der Waals surface area contributed by atoms with Crippen molar-refractivity contribution in [3.05, 3.63) is 41.7 Å². The summed E-state index contributed by atoms with van der Waals surface area (Å²) in [6, 6.07) is 10.1. The molecular formula is C18H24N4O2S. The number of rotatable bonds is 5. The first-order valence-electron chi connectivity index (χ1n) is 8.53. The third kappa shape index (κ3) is 4.28. The van der Waals surface area contributed by atoms with Crippen LogP contribution in [0.3, 0.4) is 0 Å². The van der Waals surface area contributed by atoms with Gasteiger partial charge >= 0.3 is 0 Å². The smallest absolute Gasteiger partial charge is 0.152 e. The van der Waals surface area contributed by atoms with E-state index in [0.717, 1.165) is 18.1 Å². The molecule has 0 aliphatic carbocycles. The first-order chi connectivity index (χ1) is 11.9. The molecule has 0 radical (unpaired) electrons. The predicted octanol–water partition coefficient (Wildman–Crippen LogP) is 2.85. The van der Waals surface area contributed by atoms with Crippen molar-refractivity contribution >= 4 is 27.2 Å². The lowest BCUT2D eigenvalue weighted by Gasteiger charge is -2.24. The number of nitrogens with one attached hydrogen (secondary N) is 1. The zero-order chi connectivity index (χ0) is 18.0. The topological polar surface area (TPSA) is 75.2 Å². The van der Waals surface area contributed by atoms with Gasteiger partial charge in [-0.3, -0.25) is 0 Å². The van der Waals surface area contributed by atoms with E-state index in [1.54, 1.807) is 0 Å². The Labute approximate surface area is 149 Å². The van der Waals surface area contributed by atoms with Crippen LogP contribution in [0.5, 0.6) is 0 Å². The molecular weight excluding hydrogens is 336 g/mol. The lowest BCUT2D eigenvalue weighted by Crippen LogP contribution is -2.23. The molecule has 0 bridgehead atoms. The highest BCUT2D eigenvalue weighted by atomic mass is 32.2. The Kier molecular flexibility index (Phi) is 4.94. The molecule has 1 atom stereocenters. The molecule has 3 rings (SSSR count). The minimum absolute atomic E-state index is 0.0822. The number of nitrogens with zero attached hydrogens (tertiary/aromatic N) is 3. The first kappa shape index (κ1) is 17.7. The van der Waals surface area contributed by atoms with Crippen LogP contribution in [-0.4, -0.2) is 42.5 Å². The van der Waals surface area contributed by atoms with Gasteiger partial charge in [0, 0.05) is 24.3 Å². The molecule has 1 aromatic heterocycles. The summed E-state index contributed by atoms with van der Waals surface area (Å²) in [5, 5.41) is 3.26. The second-order valence-corrected chi connectivity index (χ2v) is 8.71. The molecule has 1 unspecified atom stereocenters. The Hall–Kier alpha value is -2.15. The molecule has 1 fully saturated rings. The summed E-state index contributed by atoms with van der Waals surface area (Å²) in [4.78, 5) is 11.1. The van der Waals surface area contributed by atoms with Crippen molar-refractivity contribution in [3.8, 4) is 0 Å². The summed E-state index contributed by atoms with van der Waals surface area (Å²) >= 11 is 0. The van der Waals surface area contributed by atoms with Crippen LogP contribution < -0.4 is 10.2 Å². The Balaban J connectivity index is 1.87. The van der Waals surface area contributed by atoms with Gasteiger partial charge in [-0.2, -0.15) is 0 Å². The van der Waals surface area contributed by atoms with Crippen LogP contribution in [0.25, 0.3) is 0 Å². The van der Waals surface area contributed by atoms with Gasteiger partial charge in [0.1, 0.15) is 17.5 Å². The average Bonchev–Trinajstić information content (AvgIpc) is 2.86.